The highest BCUT2D eigenvalue weighted by molar-refractivity contribution is 8.01. The Hall–Kier alpha value is -1.40. The van der Waals surface area contributed by atoms with Crippen LogP contribution in [0.3, 0.4) is 0 Å². The van der Waals surface area contributed by atoms with Crippen molar-refractivity contribution in [2.45, 2.75) is 23.1 Å². The minimum atomic E-state index is 0.0501. The molecule has 4 nitrogen and oxygen atoms in total. The van der Waals surface area contributed by atoms with Gasteiger partial charge >= 0.3 is 0 Å². The topological polar surface area (TPSA) is 75.7 Å². The predicted octanol–water partition coefficient (Wildman–Crippen LogP) is 2.59. The van der Waals surface area contributed by atoms with Gasteiger partial charge in [-0.25, -0.2) is 4.98 Å². The van der Waals surface area contributed by atoms with E-state index in [4.69, 9.17) is 11.1 Å². The summed E-state index contributed by atoms with van der Waals surface area (Å²) in [5.41, 5.74) is 8.02. The molecule has 0 spiro atoms. The lowest BCUT2D eigenvalue weighted by atomic mass is 10.1. The third kappa shape index (κ3) is 2.65. The fourth-order valence-electron chi connectivity index (χ4n) is 1.56. The van der Waals surface area contributed by atoms with Gasteiger partial charge in [0, 0.05) is 27.9 Å². The molecule has 0 amide bonds. The molecule has 0 bridgehead atoms. The smallest absolute Gasteiger partial charge is 0.154 e. The van der Waals surface area contributed by atoms with Gasteiger partial charge in [0.25, 0.3) is 0 Å². The first kappa shape index (κ1) is 12.1. The molecule has 0 aliphatic carbocycles. The average Bonchev–Trinajstić information content (AvgIpc) is 2.68. The Kier molecular flexibility index (Phi) is 3.44. The van der Waals surface area contributed by atoms with E-state index >= 15 is 0 Å². The number of aryl methyl sites for hydroxylation is 2. The number of nitrogens with zero attached hydrogens (tertiary/aromatic N) is 2. The van der Waals surface area contributed by atoms with Crippen molar-refractivity contribution in [1.29, 1.82) is 5.41 Å². The van der Waals surface area contributed by atoms with Crippen LogP contribution in [-0.4, -0.2) is 15.8 Å². The van der Waals surface area contributed by atoms with E-state index < -0.39 is 0 Å². The standard InChI is InChI=1S/C11H12N4S2/c1-6-5-8(17-11-14-3-4-16-11)9(10(12)13)7(2)15-6/h3-5H,1-2H3,(H3,12,13). The molecule has 3 N–H and O–H groups in total. The van der Waals surface area contributed by atoms with Crippen LogP contribution in [0.25, 0.3) is 0 Å². The van der Waals surface area contributed by atoms with E-state index in [1.54, 1.807) is 17.5 Å². The molecule has 0 saturated carbocycles. The van der Waals surface area contributed by atoms with Crippen LogP contribution < -0.4 is 5.73 Å². The lowest BCUT2D eigenvalue weighted by Crippen LogP contribution is -2.15. The van der Waals surface area contributed by atoms with Crippen molar-refractivity contribution < 1.29 is 0 Å². The number of thiazole rings is 1. The molecule has 0 aromatic carbocycles. The predicted molar refractivity (Wildman–Crippen MR) is 71.0 cm³/mol. The highest BCUT2D eigenvalue weighted by atomic mass is 32.2. The number of nitrogens with one attached hydrogen (secondary N) is 1. The highest BCUT2D eigenvalue weighted by Gasteiger charge is 2.13. The summed E-state index contributed by atoms with van der Waals surface area (Å²) in [5, 5.41) is 9.55. The third-order valence-corrected chi connectivity index (χ3v) is 4.09. The number of nitrogens with two attached hydrogens (primary N) is 1. The van der Waals surface area contributed by atoms with E-state index in [-0.39, 0.29) is 5.84 Å². The molecule has 2 aromatic heterocycles. The molecule has 6 heteroatoms. The molecule has 88 valence electrons. The largest absolute Gasteiger partial charge is 0.384 e. The van der Waals surface area contributed by atoms with Crippen LogP contribution in [0.15, 0.2) is 26.9 Å². The Morgan fingerprint density at radius 3 is 2.82 bits per heavy atom. The second-order valence-corrected chi connectivity index (χ2v) is 5.72. The number of pyridine rings is 1. The first-order chi connectivity index (χ1) is 8.08. The lowest BCUT2D eigenvalue weighted by molar-refractivity contribution is 1.07. The summed E-state index contributed by atoms with van der Waals surface area (Å²) in [6, 6.07) is 1.94. The number of nitrogen functional groups attached to an aromatic ring is 1. The summed E-state index contributed by atoms with van der Waals surface area (Å²) in [7, 11) is 0. The van der Waals surface area contributed by atoms with Gasteiger partial charge in [0.15, 0.2) is 4.34 Å². The summed E-state index contributed by atoms with van der Waals surface area (Å²) >= 11 is 3.09. The minimum Gasteiger partial charge on any atom is -0.384 e. The fourth-order valence-corrected chi connectivity index (χ4v) is 3.44. The normalized spacial score (nSPS) is 10.5. The number of hydrogen-bond acceptors (Lipinski definition) is 5. The van der Waals surface area contributed by atoms with Gasteiger partial charge in [-0.3, -0.25) is 10.4 Å². The molecule has 2 aromatic rings. The first-order valence-corrected chi connectivity index (χ1v) is 6.67. The first-order valence-electron chi connectivity index (χ1n) is 4.98. The van der Waals surface area contributed by atoms with Crippen molar-refractivity contribution in [3.63, 3.8) is 0 Å². The van der Waals surface area contributed by atoms with Crippen LogP contribution in [0.1, 0.15) is 17.0 Å². The number of hydrogen-bond donors (Lipinski definition) is 2. The second-order valence-electron chi connectivity index (χ2n) is 3.54. The summed E-state index contributed by atoms with van der Waals surface area (Å²) < 4.78 is 0.942. The fraction of sp³-hybridized carbons (Fsp3) is 0.182. The SMILES string of the molecule is Cc1cc(Sc2nccs2)c(C(=N)N)c(C)n1. The maximum atomic E-state index is 7.62. The van der Waals surface area contributed by atoms with Gasteiger partial charge in [-0.05, 0) is 19.9 Å². The maximum Gasteiger partial charge on any atom is 0.154 e. The van der Waals surface area contributed by atoms with Gasteiger partial charge in [0.1, 0.15) is 5.84 Å². The van der Waals surface area contributed by atoms with E-state index in [1.807, 2.05) is 25.3 Å². The van der Waals surface area contributed by atoms with Gasteiger partial charge in [0.2, 0.25) is 0 Å². The zero-order valence-corrected chi connectivity index (χ0v) is 11.2. The number of amidine groups is 1. The van der Waals surface area contributed by atoms with Crippen LogP contribution in [0.5, 0.6) is 0 Å². The van der Waals surface area contributed by atoms with E-state index in [0.29, 0.717) is 5.56 Å². The third-order valence-electron chi connectivity index (χ3n) is 2.17. The van der Waals surface area contributed by atoms with Crippen molar-refractivity contribution in [3.05, 3.63) is 34.6 Å². The van der Waals surface area contributed by atoms with Crippen molar-refractivity contribution >= 4 is 28.9 Å². The molecule has 0 aliphatic heterocycles. The Labute approximate surface area is 108 Å². The quantitative estimate of drug-likeness (QED) is 0.660. The summed E-state index contributed by atoms with van der Waals surface area (Å²) in [4.78, 5) is 9.50. The molecule has 0 radical (unpaired) electrons. The van der Waals surface area contributed by atoms with Gasteiger partial charge < -0.3 is 5.73 Å². The van der Waals surface area contributed by atoms with Gasteiger partial charge in [-0.1, -0.05) is 11.8 Å². The Morgan fingerprint density at radius 2 is 2.24 bits per heavy atom. The van der Waals surface area contributed by atoms with Crippen molar-refractivity contribution in [2.75, 3.05) is 0 Å². The zero-order valence-electron chi connectivity index (χ0n) is 9.52. The molecular weight excluding hydrogens is 252 g/mol. The zero-order chi connectivity index (χ0) is 12.4. The average molecular weight is 264 g/mol. The molecule has 2 heterocycles. The van der Waals surface area contributed by atoms with Gasteiger partial charge in [-0.2, -0.15) is 0 Å². The van der Waals surface area contributed by atoms with Crippen LogP contribution >= 0.6 is 23.1 Å². The van der Waals surface area contributed by atoms with Crippen LogP contribution in [-0.2, 0) is 0 Å². The van der Waals surface area contributed by atoms with Crippen LogP contribution in [0, 0.1) is 19.3 Å². The van der Waals surface area contributed by atoms with Gasteiger partial charge in [-0.15, -0.1) is 11.3 Å². The molecule has 17 heavy (non-hydrogen) atoms. The molecule has 0 unspecified atom stereocenters. The van der Waals surface area contributed by atoms with Crippen LogP contribution in [0.4, 0.5) is 0 Å². The minimum absolute atomic E-state index is 0.0501. The molecule has 0 atom stereocenters. The summed E-state index contributed by atoms with van der Waals surface area (Å²) in [5.74, 6) is 0.0501. The number of aromatic nitrogens is 2. The summed E-state index contributed by atoms with van der Waals surface area (Å²) in [6.07, 6.45) is 1.77. The van der Waals surface area contributed by atoms with Crippen LogP contribution in [0.2, 0.25) is 0 Å². The van der Waals surface area contributed by atoms with E-state index in [1.165, 1.54) is 11.8 Å². The Bertz CT molecular complexity index is 549. The second kappa shape index (κ2) is 4.85. The van der Waals surface area contributed by atoms with Crippen molar-refractivity contribution in [2.24, 2.45) is 5.73 Å². The van der Waals surface area contributed by atoms with Gasteiger partial charge in [0.05, 0.1) is 5.56 Å². The molecular formula is C11H12N4S2. The number of rotatable bonds is 3. The summed E-state index contributed by atoms with van der Waals surface area (Å²) in [6.45, 7) is 3.80. The van der Waals surface area contributed by atoms with E-state index in [0.717, 1.165) is 20.6 Å². The Morgan fingerprint density at radius 1 is 1.47 bits per heavy atom. The van der Waals surface area contributed by atoms with E-state index in [9.17, 15) is 0 Å². The maximum absolute atomic E-state index is 7.62. The van der Waals surface area contributed by atoms with E-state index in [2.05, 4.69) is 9.97 Å². The molecule has 2 rings (SSSR count). The van der Waals surface area contributed by atoms with Crippen molar-refractivity contribution in [3.8, 4) is 0 Å². The molecule has 0 aliphatic rings. The Balaban J connectivity index is 2.47. The van der Waals surface area contributed by atoms with Crippen molar-refractivity contribution in [1.82, 2.24) is 9.97 Å². The monoisotopic (exact) mass is 264 g/mol. The lowest BCUT2D eigenvalue weighted by Gasteiger charge is -2.10. The molecule has 0 fully saturated rings. The highest BCUT2D eigenvalue weighted by Crippen LogP contribution is 2.32. The molecule has 0 saturated heterocycles.